The lowest BCUT2D eigenvalue weighted by molar-refractivity contribution is -0.348. The normalized spacial score (nSPS) is 26.5. The Labute approximate surface area is 203 Å². The molecule has 4 rings (SSSR count). The van der Waals surface area contributed by atoms with Gasteiger partial charge in [-0.1, -0.05) is 18.2 Å². The van der Waals surface area contributed by atoms with Crippen LogP contribution in [0.2, 0.25) is 0 Å². The standard InChI is InChI=1S/C24H27F7N2O3/c25-22(23(26,27)28,24(29,30)31)15-2-4-16-14(9-15)1-3-18-17(16)5-6-19(18)21(36)32-10-13-7-8-33(11-13)20(35)12-34/h2,4,9,13,17-19,34H,1,3,5-8,10-12H2,(H,32,36)/t13?,17-,18+,19+/m0/s1. The topological polar surface area (TPSA) is 69.6 Å². The average Bonchev–Trinajstić information content (AvgIpc) is 3.47. The number of amides is 2. The molecule has 2 fully saturated rings. The lowest BCUT2D eigenvalue weighted by Crippen LogP contribution is -2.50. The van der Waals surface area contributed by atoms with Gasteiger partial charge in [0.1, 0.15) is 6.61 Å². The molecule has 1 aromatic carbocycles. The number of hydrogen-bond acceptors (Lipinski definition) is 3. The second-order valence-electron chi connectivity index (χ2n) is 9.96. The Balaban J connectivity index is 1.44. The molecule has 5 nitrogen and oxygen atoms in total. The van der Waals surface area contributed by atoms with Gasteiger partial charge in [0.25, 0.3) is 0 Å². The van der Waals surface area contributed by atoms with E-state index in [2.05, 4.69) is 5.32 Å². The summed E-state index contributed by atoms with van der Waals surface area (Å²) in [7, 11) is 0. The monoisotopic (exact) mass is 524 g/mol. The molecule has 4 atom stereocenters. The lowest BCUT2D eigenvalue weighted by Gasteiger charge is -2.34. The van der Waals surface area contributed by atoms with Crippen molar-refractivity contribution in [2.75, 3.05) is 26.2 Å². The van der Waals surface area contributed by atoms with E-state index >= 15 is 0 Å². The van der Waals surface area contributed by atoms with Crippen LogP contribution in [0.25, 0.3) is 0 Å². The van der Waals surface area contributed by atoms with Crippen LogP contribution in [-0.4, -0.2) is 60.4 Å². The average molecular weight is 524 g/mol. The second kappa shape index (κ2) is 9.50. The van der Waals surface area contributed by atoms with Gasteiger partial charge in [-0.2, -0.15) is 26.3 Å². The van der Waals surface area contributed by atoms with Crippen LogP contribution in [0.3, 0.4) is 0 Å². The number of carbonyl (C=O) groups is 2. The summed E-state index contributed by atoms with van der Waals surface area (Å²) in [6.45, 7) is 0.759. The largest absolute Gasteiger partial charge is 0.435 e. The highest BCUT2D eigenvalue weighted by Gasteiger charge is 2.73. The van der Waals surface area contributed by atoms with Crippen molar-refractivity contribution in [3.05, 3.63) is 34.9 Å². The minimum Gasteiger partial charge on any atom is -0.387 e. The number of nitrogens with one attached hydrogen (secondary N) is 1. The fourth-order valence-corrected chi connectivity index (χ4v) is 6.09. The molecule has 1 aliphatic heterocycles. The molecule has 1 saturated heterocycles. The van der Waals surface area contributed by atoms with E-state index in [-0.39, 0.29) is 47.5 Å². The summed E-state index contributed by atoms with van der Waals surface area (Å²) >= 11 is 0. The molecule has 2 aliphatic carbocycles. The first-order valence-electron chi connectivity index (χ1n) is 11.9. The Morgan fingerprint density at radius 1 is 1.00 bits per heavy atom. The van der Waals surface area contributed by atoms with E-state index in [1.165, 1.54) is 0 Å². The Hall–Kier alpha value is -2.37. The molecule has 2 amide bonds. The van der Waals surface area contributed by atoms with Gasteiger partial charge in [-0.15, -0.1) is 0 Å². The van der Waals surface area contributed by atoms with Crippen LogP contribution in [0.1, 0.15) is 48.3 Å². The zero-order chi connectivity index (χ0) is 26.5. The third kappa shape index (κ3) is 4.56. The number of rotatable bonds is 5. The Morgan fingerprint density at radius 2 is 1.69 bits per heavy atom. The summed E-state index contributed by atoms with van der Waals surface area (Å²) < 4.78 is 93.5. The number of fused-ring (bicyclic) bond motifs is 3. The van der Waals surface area contributed by atoms with Gasteiger partial charge in [-0.3, -0.25) is 9.59 Å². The van der Waals surface area contributed by atoms with Crippen molar-refractivity contribution < 1.29 is 45.4 Å². The number of aryl methyl sites for hydroxylation is 1. The van der Waals surface area contributed by atoms with Crippen molar-refractivity contribution >= 4 is 11.8 Å². The molecule has 1 saturated carbocycles. The van der Waals surface area contributed by atoms with Gasteiger partial charge in [-0.25, -0.2) is 4.39 Å². The Kier molecular flexibility index (Phi) is 7.04. The van der Waals surface area contributed by atoms with Crippen molar-refractivity contribution in [2.45, 2.75) is 56.0 Å². The summed E-state index contributed by atoms with van der Waals surface area (Å²) in [5.41, 5.74) is -6.10. The number of aliphatic hydroxyl groups is 1. The quantitative estimate of drug-likeness (QED) is 0.573. The fourth-order valence-electron chi connectivity index (χ4n) is 6.09. The zero-order valence-electron chi connectivity index (χ0n) is 19.3. The maximum atomic E-state index is 14.5. The number of halogens is 7. The van der Waals surface area contributed by atoms with E-state index in [1.807, 2.05) is 0 Å². The minimum absolute atomic E-state index is 0.0652. The van der Waals surface area contributed by atoms with Gasteiger partial charge in [0, 0.05) is 31.1 Å². The molecule has 1 heterocycles. The highest BCUT2D eigenvalue weighted by Crippen LogP contribution is 2.55. The summed E-state index contributed by atoms with van der Waals surface area (Å²) in [5, 5.41) is 11.9. The minimum atomic E-state index is -6.16. The van der Waals surface area contributed by atoms with Crippen LogP contribution >= 0.6 is 0 Å². The van der Waals surface area contributed by atoms with Crippen molar-refractivity contribution in [3.8, 4) is 0 Å². The van der Waals surface area contributed by atoms with E-state index in [1.54, 1.807) is 4.90 Å². The SMILES string of the molecule is O=C(NCC1CCN(C(=O)CO)C1)[C@@H]1CC[C@H]2c3ccc(C(F)(C(F)(F)F)C(F)(F)F)cc3CC[C@@H]12. The molecule has 1 aromatic rings. The van der Waals surface area contributed by atoms with Crippen LogP contribution in [-0.2, 0) is 21.7 Å². The molecule has 200 valence electrons. The van der Waals surface area contributed by atoms with Crippen LogP contribution in [0.4, 0.5) is 30.7 Å². The smallest absolute Gasteiger partial charge is 0.387 e. The molecule has 0 spiro atoms. The van der Waals surface area contributed by atoms with E-state index in [0.717, 1.165) is 6.07 Å². The molecule has 0 bridgehead atoms. The van der Waals surface area contributed by atoms with Gasteiger partial charge in [-0.05, 0) is 61.0 Å². The number of hydrogen-bond donors (Lipinski definition) is 2. The number of likely N-dealkylation sites (tertiary alicyclic amines) is 1. The van der Waals surface area contributed by atoms with Crippen LogP contribution in [0.5, 0.6) is 0 Å². The first kappa shape index (κ1) is 26.7. The highest BCUT2D eigenvalue weighted by molar-refractivity contribution is 5.80. The van der Waals surface area contributed by atoms with Gasteiger partial charge < -0.3 is 15.3 Å². The molecule has 2 N–H and O–H groups in total. The predicted molar refractivity (Wildman–Crippen MR) is 113 cm³/mol. The number of aliphatic hydroxyl groups excluding tert-OH is 1. The molecule has 12 heteroatoms. The predicted octanol–water partition coefficient (Wildman–Crippen LogP) is 3.99. The molecule has 0 radical (unpaired) electrons. The summed E-state index contributed by atoms with van der Waals surface area (Å²) in [6, 6.07) is 2.40. The summed E-state index contributed by atoms with van der Waals surface area (Å²) in [5.74, 6) is -1.11. The summed E-state index contributed by atoms with van der Waals surface area (Å²) in [6.07, 6.45) is -9.98. The Bertz CT molecular complexity index is 996. The fraction of sp³-hybridized carbons (Fsp3) is 0.667. The lowest BCUT2D eigenvalue weighted by atomic mass is 9.73. The van der Waals surface area contributed by atoms with Gasteiger partial charge >= 0.3 is 18.0 Å². The van der Waals surface area contributed by atoms with Crippen molar-refractivity contribution in [1.29, 1.82) is 0 Å². The molecule has 0 aromatic heterocycles. The molecule has 1 unspecified atom stereocenters. The van der Waals surface area contributed by atoms with Crippen molar-refractivity contribution in [3.63, 3.8) is 0 Å². The van der Waals surface area contributed by atoms with Gasteiger partial charge in [0.2, 0.25) is 11.8 Å². The Morgan fingerprint density at radius 3 is 2.33 bits per heavy atom. The number of nitrogens with zero attached hydrogens (tertiary/aromatic N) is 1. The number of benzene rings is 1. The first-order valence-corrected chi connectivity index (χ1v) is 11.9. The highest BCUT2D eigenvalue weighted by atomic mass is 19.4. The van der Waals surface area contributed by atoms with Crippen LogP contribution in [0.15, 0.2) is 18.2 Å². The van der Waals surface area contributed by atoms with Crippen LogP contribution in [0, 0.1) is 17.8 Å². The molecular weight excluding hydrogens is 497 g/mol. The third-order valence-electron chi connectivity index (χ3n) is 7.97. The first-order chi connectivity index (χ1) is 16.8. The maximum Gasteiger partial charge on any atom is 0.435 e. The van der Waals surface area contributed by atoms with E-state index in [9.17, 15) is 40.3 Å². The maximum absolute atomic E-state index is 14.5. The molecular formula is C24H27F7N2O3. The van der Waals surface area contributed by atoms with E-state index in [0.29, 0.717) is 63.0 Å². The number of alkyl halides is 7. The summed E-state index contributed by atoms with van der Waals surface area (Å²) in [4.78, 5) is 26.1. The second-order valence-corrected chi connectivity index (χ2v) is 9.96. The molecule has 36 heavy (non-hydrogen) atoms. The van der Waals surface area contributed by atoms with Crippen LogP contribution < -0.4 is 5.32 Å². The van der Waals surface area contributed by atoms with E-state index < -0.39 is 30.2 Å². The molecule has 3 aliphatic rings. The zero-order valence-corrected chi connectivity index (χ0v) is 19.3. The van der Waals surface area contributed by atoms with E-state index in [4.69, 9.17) is 5.11 Å². The van der Waals surface area contributed by atoms with Gasteiger partial charge in [0.05, 0.1) is 0 Å². The third-order valence-corrected chi connectivity index (χ3v) is 7.97. The van der Waals surface area contributed by atoms with Crippen molar-refractivity contribution in [1.82, 2.24) is 10.2 Å². The van der Waals surface area contributed by atoms with Crippen molar-refractivity contribution in [2.24, 2.45) is 17.8 Å². The number of carbonyl (C=O) groups excluding carboxylic acids is 2. The van der Waals surface area contributed by atoms with Gasteiger partial charge in [0.15, 0.2) is 0 Å².